The first-order valence-corrected chi connectivity index (χ1v) is 13.4. The Hall–Kier alpha value is -4.28. The Morgan fingerprint density at radius 3 is 2.03 bits per heavy atom. The fourth-order valence-corrected chi connectivity index (χ4v) is 4.73. The summed E-state index contributed by atoms with van der Waals surface area (Å²) in [7, 11) is 4.05. The number of anilines is 1. The highest BCUT2D eigenvalue weighted by molar-refractivity contribution is 6.33. The fraction of sp³-hybridized carbons (Fsp3) is 0.147. The molecule has 1 heterocycles. The van der Waals surface area contributed by atoms with Gasteiger partial charge in [-0.3, -0.25) is 0 Å². The molecule has 0 unspecified atom stereocenters. The summed E-state index contributed by atoms with van der Waals surface area (Å²) in [5.41, 5.74) is 7.52. The summed E-state index contributed by atoms with van der Waals surface area (Å²) in [5, 5.41) is 0.722. The number of aryl methyl sites for hydroxylation is 2. The molecule has 0 aliphatic rings. The summed E-state index contributed by atoms with van der Waals surface area (Å²) >= 11 is 6.49. The van der Waals surface area contributed by atoms with Gasteiger partial charge in [-0.05, 0) is 84.6 Å². The van der Waals surface area contributed by atoms with Gasteiger partial charge in [0.1, 0.15) is 17.3 Å². The maximum Gasteiger partial charge on any atom is 0.133 e. The molecule has 0 spiro atoms. The summed E-state index contributed by atoms with van der Waals surface area (Å²) in [6.45, 7) is 4.98. The van der Waals surface area contributed by atoms with Crippen LogP contribution in [0.25, 0.3) is 34.5 Å². The van der Waals surface area contributed by atoms with Gasteiger partial charge >= 0.3 is 0 Å². The van der Waals surface area contributed by atoms with Crippen molar-refractivity contribution in [1.29, 1.82) is 0 Å². The number of benzene rings is 4. The molecule has 0 radical (unpaired) electrons. The van der Waals surface area contributed by atoms with Crippen LogP contribution >= 0.6 is 11.6 Å². The van der Waals surface area contributed by atoms with Crippen molar-refractivity contribution in [2.24, 2.45) is 0 Å². The summed E-state index contributed by atoms with van der Waals surface area (Å²) in [6.07, 6.45) is 6.21. The monoisotopic (exact) mass is 533 g/mol. The van der Waals surface area contributed by atoms with Gasteiger partial charge in [0.25, 0.3) is 0 Å². The molecule has 4 aromatic carbocycles. The molecule has 5 heteroatoms. The maximum atomic E-state index is 6.49. The molecule has 5 aromatic rings. The van der Waals surface area contributed by atoms with Gasteiger partial charge in [-0.1, -0.05) is 66.2 Å². The number of hydrogen-bond acceptors (Lipinski definition) is 3. The number of halogens is 1. The minimum absolute atomic E-state index is 0.722. The van der Waals surface area contributed by atoms with Crippen LogP contribution in [0.3, 0.4) is 0 Å². The highest BCUT2D eigenvalue weighted by Gasteiger charge is 2.10. The smallest absolute Gasteiger partial charge is 0.133 e. The van der Waals surface area contributed by atoms with E-state index in [4.69, 9.17) is 21.3 Å². The van der Waals surface area contributed by atoms with Crippen molar-refractivity contribution in [1.82, 2.24) is 9.55 Å². The van der Waals surface area contributed by atoms with E-state index in [9.17, 15) is 0 Å². The van der Waals surface area contributed by atoms with E-state index in [1.165, 1.54) is 0 Å². The van der Waals surface area contributed by atoms with Crippen molar-refractivity contribution in [3.63, 3.8) is 0 Å². The summed E-state index contributed by atoms with van der Waals surface area (Å²) < 4.78 is 8.15. The molecule has 0 atom stereocenters. The normalized spacial score (nSPS) is 11.2. The van der Waals surface area contributed by atoms with Gasteiger partial charge in [0, 0.05) is 38.1 Å². The van der Waals surface area contributed by atoms with Crippen molar-refractivity contribution in [2.75, 3.05) is 19.0 Å². The third kappa shape index (κ3) is 6.24. The molecule has 0 saturated carbocycles. The number of ether oxygens (including phenoxy) is 1. The Morgan fingerprint density at radius 2 is 1.44 bits per heavy atom. The van der Waals surface area contributed by atoms with Crippen molar-refractivity contribution in [3.8, 4) is 33.9 Å². The van der Waals surface area contributed by atoms with Gasteiger partial charge in [-0.2, -0.15) is 0 Å². The van der Waals surface area contributed by atoms with Gasteiger partial charge in [0.15, 0.2) is 0 Å². The quantitative estimate of drug-likeness (QED) is 0.199. The largest absolute Gasteiger partial charge is 0.457 e. The van der Waals surface area contributed by atoms with Crippen molar-refractivity contribution < 1.29 is 4.74 Å². The molecule has 0 N–H and O–H groups in total. The number of imidazole rings is 1. The van der Waals surface area contributed by atoms with Crippen molar-refractivity contribution >= 4 is 29.4 Å². The van der Waals surface area contributed by atoms with E-state index in [0.717, 1.165) is 68.1 Å². The Kier molecular flexibility index (Phi) is 7.85. The molecular weight excluding hydrogens is 502 g/mol. The average Bonchev–Trinajstić information content (AvgIpc) is 3.36. The van der Waals surface area contributed by atoms with E-state index in [1.54, 1.807) is 0 Å². The van der Waals surface area contributed by atoms with E-state index in [1.807, 2.05) is 69.6 Å². The minimum Gasteiger partial charge on any atom is -0.457 e. The van der Waals surface area contributed by atoms with Crippen LogP contribution < -0.4 is 9.64 Å². The molecule has 0 amide bonds. The van der Waals surface area contributed by atoms with Crippen LogP contribution in [-0.4, -0.2) is 23.6 Å². The Labute approximate surface area is 235 Å². The van der Waals surface area contributed by atoms with Crippen molar-refractivity contribution in [2.45, 2.75) is 20.4 Å². The van der Waals surface area contributed by atoms with Crippen LogP contribution in [-0.2, 0) is 6.54 Å². The van der Waals surface area contributed by atoms with Crippen LogP contribution in [0.1, 0.15) is 23.9 Å². The second kappa shape index (κ2) is 11.6. The molecule has 0 aliphatic carbocycles. The van der Waals surface area contributed by atoms with E-state index in [2.05, 4.69) is 77.2 Å². The van der Waals surface area contributed by atoms with E-state index in [0.29, 0.717) is 0 Å². The molecule has 0 aliphatic heterocycles. The number of aromatic nitrogens is 2. The zero-order chi connectivity index (χ0) is 27.4. The highest BCUT2D eigenvalue weighted by Crippen LogP contribution is 2.30. The molecule has 1 aromatic heterocycles. The fourth-order valence-electron chi connectivity index (χ4n) is 4.40. The lowest BCUT2D eigenvalue weighted by atomic mass is 10.0. The zero-order valence-corrected chi connectivity index (χ0v) is 23.5. The number of hydrogen-bond donors (Lipinski definition) is 0. The summed E-state index contributed by atoms with van der Waals surface area (Å²) in [4.78, 5) is 6.92. The predicted octanol–water partition coefficient (Wildman–Crippen LogP) is 9.23. The second-order valence-corrected chi connectivity index (χ2v) is 10.1. The molecule has 5 rings (SSSR count). The minimum atomic E-state index is 0.722. The van der Waals surface area contributed by atoms with Crippen LogP contribution in [0.2, 0.25) is 5.02 Å². The van der Waals surface area contributed by atoms with Gasteiger partial charge in [-0.15, -0.1) is 0 Å². The number of nitrogens with zero attached hydrogens (tertiary/aromatic N) is 3. The zero-order valence-electron chi connectivity index (χ0n) is 22.7. The molecular formula is C34H32ClN3O. The predicted molar refractivity (Wildman–Crippen MR) is 165 cm³/mol. The topological polar surface area (TPSA) is 30.3 Å². The lowest BCUT2D eigenvalue weighted by molar-refractivity contribution is 0.483. The first kappa shape index (κ1) is 26.3. The standard InChI is InChI=1S/C34H32ClN3O/c1-5-38-23-33(31-20-6-24(2)22-32(31)35)36-34(38)21-9-25-7-10-26(11-8-25)27-12-16-29(17-13-27)39-30-18-14-28(15-19-30)37(3)4/h6-23H,5H2,1-4H3/b21-9+. The average molecular weight is 534 g/mol. The third-order valence-electron chi connectivity index (χ3n) is 6.66. The van der Waals surface area contributed by atoms with E-state index < -0.39 is 0 Å². The van der Waals surface area contributed by atoms with E-state index in [-0.39, 0.29) is 0 Å². The summed E-state index contributed by atoms with van der Waals surface area (Å²) in [6, 6.07) is 30.9. The lowest BCUT2D eigenvalue weighted by Gasteiger charge is -2.13. The van der Waals surface area contributed by atoms with Gasteiger partial charge in [0.05, 0.1) is 10.7 Å². The molecule has 0 fully saturated rings. The van der Waals surface area contributed by atoms with Crippen LogP contribution in [0.5, 0.6) is 11.5 Å². The molecule has 0 bridgehead atoms. The number of rotatable bonds is 8. The molecule has 196 valence electrons. The van der Waals surface area contributed by atoms with Crippen molar-refractivity contribution in [3.05, 3.63) is 119 Å². The van der Waals surface area contributed by atoms with Gasteiger partial charge in [0.2, 0.25) is 0 Å². The molecule has 0 saturated heterocycles. The second-order valence-electron chi connectivity index (χ2n) is 9.72. The Bertz CT molecular complexity index is 1580. The van der Waals surface area contributed by atoms with Gasteiger partial charge in [-0.25, -0.2) is 4.98 Å². The SMILES string of the molecule is CCn1cc(-c2ccc(C)cc2Cl)nc1/C=C/c1ccc(-c2ccc(Oc3ccc(N(C)C)cc3)cc2)cc1. The van der Waals surface area contributed by atoms with Gasteiger partial charge < -0.3 is 14.2 Å². The summed E-state index contributed by atoms with van der Waals surface area (Å²) in [5.74, 6) is 2.54. The third-order valence-corrected chi connectivity index (χ3v) is 6.97. The lowest BCUT2D eigenvalue weighted by Crippen LogP contribution is -2.07. The van der Waals surface area contributed by atoms with Crippen LogP contribution in [0, 0.1) is 6.92 Å². The van der Waals surface area contributed by atoms with Crippen LogP contribution in [0.15, 0.2) is 97.2 Å². The maximum absolute atomic E-state index is 6.49. The van der Waals surface area contributed by atoms with Crippen LogP contribution in [0.4, 0.5) is 5.69 Å². The Balaban J connectivity index is 1.27. The molecule has 4 nitrogen and oxygen atoms in total. The first-order valence-electron chi connectivity index (χ1n) is 13.1. The van der Waals surface area contributed by atoms with E-state index >= 15 is 0 Å². The molecule has 39 heavy (non-hydrogen) atoms. The Morgan fingerprint density at radius 1 is 0.821 bits per heavy atom. The highest BCUT2D eigenvalue weighted by atomic mass is 35.5. The first-order chi connectivity index (χ1) is 18.9.